The summed E-state index contributed by atoms with van der Waals surface area (Å²) in [5.41, 5.74) is 1.28. The van der Waals surface area contributed by atoms with Crippen LogP contribution >= 0.6 is 0 Å². The van der Waals surface area contributed by atoms with E-state index in [0.717, 1.165) is 37.5 Å². The SMILES string of the molecule is CCCNC(Cn1ccnc1CC)c1ccc(OC)cc1. The second-order valence-corrected chi connectivity index (χ2v) is 5.13. The van der Waals surface area contributed by atoms with E-state index in [9.17, 15) is 0 Å². The van der Waals surface area contributed by atoms with Crippen LogP contribution in [0, 0.1) is 0 Å². The molecule has 0 aliphatic carbocycles. The van der Waals surface area contributed by atoms with Gasteiger partial charge in [0.1, 0.15) is 11.6 Å². The zero-order valence-electron chi connectivity index (χ0n) is 13.2. The molecule has 2 rings (SSSR count). The molecule has 1 N–H and O–H groups in total. The second kappa shape index (κ2) is 7.84. The second-order valence-electron chi connectivity index (χ2n) is 5.13. The average molecular weight is 287 g/mol. The lowest BCUT2D eigenvalue weighted by atomic mass is 10.1. The van der Waals surface area contributed by atoms with Gasteiger partial charge in [-0.15, -0.1) is 0 Å². The summed E-state index contributed by atoms with van der Waals surface area (Å²) in [4.78, 5) is 4.40. The lowest BCUT2D eigenvalue weighted by molar-refractivity contribution is 0.413. The Bertz CT molecular complexity index is 533. The molecule has 4 nitrogen and oxygen atoms in total. The van der Waals surface area contributed by atoms with E-state index in [1.54, 1.807) is 7.11 Å². The number of methoxy groups -OCH3 is 1. The molecule has 21 heavy (non-hydrogen) atoms. The molecule has 0 radical (unpaired) electrons. The maximum atomic E-state index is 5.24. The summed E-state index contributed by atoms with van der Waals surface area (Å²) < 4.78 is 7.47. The number of hydrogen-bond acceptors (Lipinski definition) is 3. The first kappa shape index (κ1) is 15.6. The number of aryl methyl sites for hydroxylation is 1. The van der Waals surface area contributed by atoms with Crippen LogP contribution in [0.1, 0.15) is 37.7 Å². The van der Waals surface area contributed by atoms with Crippen LogP contribution in [-0.2, 0) is 13.0 Å². The van der Waals surface area contributed by atoms with E-state index in [1.165, 1.54) is 5.56 Å². The number of aromatic nitrogens is 2. The van der Waals surface area contributed by atoms with Crippen LogP contribution in [0.2, 0.25) is 0 Å². The molecule has 4 heteroatoms. The predicted molar refractivity (Wildman–Crippen MR) is 85.6 cm³/mol. The van der Waals surface area contributed by atoms with Crippen molar-refractivity contribution in [3.8, 4) is 5.75 Å². The number of imidazole rings is 1. The van der Waals surface area contributed by atoms with Crippen LogP contribution in [0.4, 0.5) is 0 Å². The van der Waals surface area contributed by atoms with Gasteiger partial charge in [0.25, 0.3) is 0 Å². The molecule has 2 aromatic rings. The Balaban J connectivity index is 2.16. The van der Waals surface area contributed by atoms with Crippen LogP contribution < -0.4 is 10.1 Å². The maximum Gasteiger partial charge on any atom is 0.118 e. The molecule has 1 aromatic carbocycles. The quantitative estimate of drug-likeness (QED) is 0.810. The molecular weight excluding hydrogens is 262 g/mol. The zero-order valence-corrected chi connectivity index (χ0v) is 13.2. The largest absolute Gasteiger partial charge is 0.497 e. The Hall–Kier alpha value is -1.81. The van der Waals surface area contributed by atoms with Gasteiger partial charge < -0.3 is 14.6 Å². The van der Waals surface area contributed by atoms with Gasteiger partial charge in [0, 0.05) is 25.4 Å². The summed E-state index contributed by atoms with van der Waals surface area (Å²) in [6, 6.07) is 8.59. The molecule has 1 heterocycles. The maximum absolute atomic E-state index is 5.24. The van der Waals surface area contributed by atoms with Gasteiger partial charge in [0.05, 0.1) is 13.2 Å². The average Bonchev–Trinajstić information content (AvgIpc) is 2.98. The van der Waals surface area contributed by atoms with E-state index in [0.29, 0.717) is 0 Å². The van der Waals surface area contributed by atoms with Gasteiger partial charge >= 0.3 is 0 Å². The van der Waals surface area contributed by atoms with Crippen molar-refractivity contribution in [1.82, 2.24) is 14.9 Å². The monoisotopic (exact) mass is 287 g/mol. The molecule has 1 unspecified atom stereocenters. The number of nitrogens with zero attached hydrogens (tertiary/aromatic N) is 2. The molecular formula is C17H25N3O. The van der Waals surface area contributed by atoms with E-state index in [1.807, 2.05) is 18.3 Å². The molecule has 1 atom stereocenters. The Labute approximate surface area is 127 Å². The van der Waals surface area contributed by atoms with Crippen molar-refractivity contribution in [2.24, 2.45) is 0 Å². The minimum absolute atomic E-state index is 0.287. The van der Waals surface area contributed by atoms with Crippen LogP contribution in [0.15, 0.2) is 36.7 Å². The molecule has 0 aliphatic heterocycles. The minimum Gasteiger partial charge on any atom is -0.497 e. The molecule has 0 spiro atoms. The smallest absolute Gasteiger partial charge is 0.118 e. The van der Waals surface area contributed by atoms with Crippen LogP contribution in [-0.4, -0.2) is 23.2 Å². The first-order valence-corrected chi connectivity index (χ1v) is 7.65. The van der Waals surface area contributed by atoms with Crippen molar-refractivity contribution in [3.05, 3.63) is 48.0 Å². The fourth-order valence-corrected chi connectivity index (χ4v) is 2.46. The molecule has 0 bridgehead atoms. The fraction of sp³-hybridized carbons (Fsp3) is 0.471. The van der Waals surface area contributed by atoms with Crippen LogP contribution in [0.5, 0.6) is 5.75 Å². The summed E-state index contributed by atoms with van der Waals surface area (Å²) in [6.07, 6.45) is 6.01. The highest BCUT2D eigenvalue weighted by molar-refractivity contribution is 5.29. The third-order valence-corrected chi connectivity index (χ3v) is 3.66. The van der Waals surface area contributed by atoms with Gasteiger partial charge in [-0.2, -0.15) is 0 Å². The number of benzene rings is 1. The summed E-state index contributed by atoms with van der Waals surface area (Å²) in [5.74, 6) is 2.02. The zero-order chi connectivity index (χ0) is 15.1. The van der Waals surface area contributed by atoms with E-state index in [2.05, 4.69) is 47.0 Å². The normalized spacial score (nSPS) is 12.3. The Kier molecular flexibility index (Phi) is 5.81. The van der Waals surface area contributed by atoms with Crippen molar-refractivity contribution < 1.29 is 4.74 Å². The van der Waals surface area contributed by atoms with Gasteiger partial charge in [-0.05, 0) is 30.7 Å². The van der Waals surface area contributed by atoms with Gasteiger partial charge in [-0.25, -0.2) is 4.98 Å². The lowest BCUT2D eigenvalue weighted by Gasteiger charge is -2.21. The summed E-state index contributed by atoms with van der Waals surface area (Å²) in [7, 11) is 1.70. The summed E-state index contributed by atoms with van der Waals surface area (Å²) >= 11 is 0. The summed E-state index contributed by atoms with van der Waals surface area (Å²) in [5, 5.41) is 3.62. The van der Waals surface area contributed by atoms with E-state index in [-0.39, 0.29) is 6.04 Å². The molecule has 0 fully saturated rings. The third kappa shape index (κ3) is 4.08. The Morgan fingerprint density at radius 3 is 2.62 bits per heavy atom. The number of nitrogens with one attached hydrogen (secondary N) is 1. The highest BCUT2D eigenvalue weighted by atomic mass is 16.5. The van der Waals surface area contributed by atoms with Gasteiger partial charge in [-0.3, -0.25) is 0 Å². The minimum atomic E-state index is 0.287. The number of hydrogen-bond donors (Lipinski definition) is 1. The first-order chi connectivity index (χ1) is 10.3. The van der Waals surface area contributed by atoms with E-state index in [4.69, 9.17) is 4.74 Å². The van der Waals surface area contributed by atoms with Crippen LogP contribution in [0.25, 0.3) is 0 Å². The molecule has 0 saturated carbocycles. The molecule has 0 amide bonds. The van der Waals surface area contributed by atoms with Crippen molar-refractivity contribution in [1.29, 1.82) is 0 Å². The molecule has 114 valence electrons. The van der Waals surface area contributed by atoms with Crippen molar-refractivity contribution in [2.75, 3.05) is 13.7 Å². The molecule has 1 aromatic heterocycles. The van der Waals surface area contributed by atoms with Gasteiger partial charge in [0.15, 0.2) is 0 Å². The van der Waals surface area contributed by atoms with Gasteiger partial charge in [0.2, 0.25) is 0 Å². The third-order valence-electron chi connectivity index (χ3n) is 3.66. The topological polar surface area (TPSA) is 39.1 Å². The molecule has 0 aliphatic rings. The number of ether oxygens (including phenoxy) is 1. The van der Waals surface area contributed by atoms with E-state index >= 15 is 0 Å². The van der Waals surface area contributed by atoms with Crippen molar-refractivity contribution >= 4 is 0 Å². The fourth-order valence-electron chi connectivity index (χ4n) is 2.46. The van der Waals surface area contributed by atoms with Crippen molar-refractivity contribution in [3.63, 3.8) is 0 Å². The lowest BCUT2D eigenvalue weighted by Crippen LogP contribution is -2.26. The van der Waals surface area contributed by atoms with E-state index < -0.39 is 0 Å². The van der Waals surface area contributed by atoms with Crippen LogP contribution in [0.3, 0.4) is 0 Å². The standard InChI is InChI=1S/C17H25N3O/c1-4-10-18-16(13-20-12-11-19-17(20)5-2)14-6-8-15(21-3)9-7-14/h6-9,11-12,16,18H,4-5,10,13H2,1-3H3. The highest BCUT2D eigenvalue weighted by Gasteiger charge is 2.13. The predicted octanol–water partition coefficient (Wildman–Crippen LogP) is 3.20. The van der Waals surface area contributed by atoms with Crippen molar-refractivity contribution in [2.45, 2.75) is 39.3 Å². The highest BCUT2D eigenvalue weighted by Crippen LogP contribution is 2.20. The summed E-state index contributed by atoms with van der Waals surface area (Å²) in [6.45, 7) is 6.23. The Morgan fingerprint density at radius 1 is 1.24 bits per heavy atom. The number of rotatable bonds is 8. The Morgan fingerprint density at radius 2 is 2.00 bits per heavy atom. The molecule has 0 saturated heterocycles. The van der Waals surface area contributed by atoms with Gasteiger partial charge in [-0.1, -0.05) is 26.0 Å². The first-order valence-electron chi connectivity index (χ1n) is 7.65.